The molecule has 5 nitrogen and oxygen atoms in total. The van der Waals surface area contributed by atoms with E-state index < -0.39 is 5.54 Å². The molecule has 0 radical (unpaired) electrons. The molecule has 2 bridgehead atoms. The van der Waals surface area contributed by atoms with E-state index in [0.29, 0.717) is 5.56 Å². The van der Waals surface area contributed by atoms with Gasteiger partial charge < -0.3 is 16.2 Å². The van der Waals surface area contributed by atoms with Crippen LogP contribution in [0, 0.1) is 5.92 Å². The number of hydrogen-bond donors (Lipinski definition) is 3. The zero-order valence-corrected chi connectivity index (χ0v) is 16.0. The van der Waals surface area contributed by atoms with Gasteiger partial charge in [0.2, 0.25) is 0 Å². The Morgan fingerprint density at radius 3 is 2.96 bits per heavy atom. The number of rotatable bonds is 4. The average Bonchev–Trinajstić information content (AvgIpc) is 3.29. The zero-order valence-electron chi connectivity index (χ0n) is 15.2. The fourth-order valence-electron chi connectivity index (χ4n) is 4.86. The second kappa shape index (κ2) is 6.33. The summed E-state index contributed by atoms with van der Waals surface area (Å²) in [6.45, 7) is 2.04. The predicted octanol–water partition coefficient (Wildman–Crippen LogP) is 2.45. The molecule has 5 rings (SSSR count). The van der Waals surface area contributed by atoms with Gasteiger partial charge in [0.15, 0.2) is 0 Å². The van der Waals surface area contributed by atoms with E-state index in [1.165, 1.54) is 29.7 Å². The summed E-state index contributed by atoms with van der Waals surface area (Å²) < 4.78 is 0. The SMILES string of the molecule is N[C@]12CCN(CC3CC3)[C@H](Cc3ccc(O)cc31)C2NC(=O)c1ccsc1. The summed E-state index contributed by atoms with van der Waals surface area (Å²) in [4.78, 5) is 15.4. The number of nitrogens with zero attached hydrogens (tertiary/aromatic N) is 1. The topological polar surface area (TPSA) is 78.6 Å². The van der Waals surface area contributed by atoms with Crippen molar-refractivity contribution >= 4 is 17.2 Å². The maximum atomic E-state index is 12.8. The summed E-state index contributed by atoms with van der Waals surface area (Å²) >= 11 is 1.52. The molecular weight excluding hydrogens is 358 g/mol. The largest absolute Gasteiger partial charge is 0.508 e. The third-order valence-corrected chi connectivity index (χ3v) is 7.19. The Labute approximate surface area is 163 Å². The Hall–Kier alpha value is -1.89. The smallest absolute Gasteiger partial charge is 0.252 e. The lowest BCUT2D eigenvalue weighted by Crippen LogP contribution is -2.72. The number of carbonyl (C=O) groups is 1. The van der Waals surface area contributed by atoms with E-state index in [-0.39, 0.29) is 23.7 Å². The van der Waals surface area contributed by atoms with Crippen LogP contribution in [0.5, 0.6) is 5.75 Å². The van der Waals surface area contributed by atoms with Crippen molar-refractivity contribution in [2.75, 3.05) is 13.1 Å². The minimum Gasteiger partial charge on any atom is -0.508 e. The number of likely N-dealkylation sites (tertiary alicyclic amines) is 1. The molecule has 3 aliphatic rings. The van der Waals surface area contributed by atoms with Crippen LogP contribution in [0.4, 0.5) is 0 Å². The molecule has 1 amide bonds. The predicted molar refractivity (Wildman–Crippen MR) is 106 cm³/mol. The third kappa shape index (κ3) is 2.96. The summed E-state index contributed by atoms with van der Waals surface area (Å²) in [5, 5.41) is 17.1. The molecule has 2 aliphatic carbocycles. The van der Waals surface area contributed by atoms with Crippen LogP contribution in [-0.4, -0.2) is 41.1 Å². The zero-order chi connectivity index (χ0) is 18.6. The fraction of sp³-hybridized carbons (Fsp3) is 0.476. The molecule has 1 aromatic heterocycles. The van der Waals surface area contributed by atoms with Gasteiger partial charge in [-0.1, -0.05) is 6.07 Å². The first-order chi connectivity index (χ1) is 13.0. The van der Waals surface area contributed by atoms with Crippen LogP contribution in [-0.2, 0) is 12.0 Å². The van der Waals surface area contributed by atoms with Crippen LogP contribution in [0.15, 0.2) is 35.0 Å². The second-order valence-electron chi connectivity index (χ2n) is 8.30. The van der Waals surface area contributed by atoms with E-state index in [2.05, 4.69) is 10.2 Å². The molecular formula is C21H25N3O2S. The molecule has 27 heavy (non-hydrogen) atoms. The number of phenolic OH excluding ortho intramolecular Hbond substituents is 1. The molecule has 1 aliphatic heterocycles. The van der Waals surface area contributed by atoms with E-state index in [9.17, 15) is 9.90 Å². The summed E-state index contributed by atoms with van der Waals surface area (Å²) in [7, 11) is 0. The molecule has 1 unspecified atom stereocenters. The highest BCUT2D eigenvalue weighted by molar-refractivity contribution is 7.08. The van der Waals surface area contributed by atoms with Crippen molar-refractivity contribution in [3.8, 4) is 5.75 Å². The molecule has 3 atom stereocenters. The van der Waals surface area contributed by atoms with Gasteiger partial charge in [-0.15, -0.1) is 0 Å². The quantitative estimate of drug-likeness (QED) is 0.758. The highest BCUT2D eigenvalue weighted by Crippen LogP contribution is 2.44. The van der Waals surface area contributed by atoms with Gasteiger partial charge in [0.1, 0.15) is 5.75 Å². The number of aromatic hydroxyl groups is 1. The standard InChI is InChI=1S/C21H25N3O2S/c22-21-6-7-24(11-13-1-2-13)18(9-14-3-4-16(25)10-17(14)21)19(21)23-20(26)15-5-8-27-12-15/h3-5,8,10,12-13,18-19,25H,1-2,6-7,9,11,22H2,(H,23,26)/t18-,19?,21-/m1/s1. The van der Waals surface area contributed by atoms with Crippen LogP contribution < -0.4 is 11.1 Å². The average molecular weight is 384 g/mol. The summed E-state index contributed by atoms with van der Waals surface area (Å²) in [6, 6.07) is 7.43. The maximum absolute atomic E-state index is 12.8. The molecule has 1 saturated carbocycles. The van der Waals surface area contributed by atoms with Crippen molar-refractivity contribution < 1.29 is 9.90 Å². The number of carbonyl (C=O) groups excluding carboxylic acids is 1. The third-order valence-electron chi connectivity index (χ3n) is 6.51. The van der Waals surface area contributed by atoms with E-state index in [1.54, 1.807) is 12.1 Å². The van der Waals surface area contributed by atoms with Gasteiger partial charge in [0, 0.05) is 30.1 Å². The van der Waals surface area contributed by atoms with Crippen LogP contribution >= 0.6 is 11.3 Å². The summed E-state index contributed by atoms with van der Waals surface area (Å²) in [6.07, 6.45) is 4.26. The number of piperidine rings is 1. The second-order valence-corrected chi connectivity index (χ2v) is 9.08. The molecule has 0 spiro atoms. The lowest BCUT2D eigenvalue weighted by atomic mass is 9.66. The molecule has 6 heteroatoms. The Morgan fingerprint density at radius 2 is 2.22 bits per heavy atom. The lowest BCUT2D eigenvalue weighted by molar-refractivity contribution is 0.0349. The van der Waals surface area contributed by atoms with Gasteiger partial charge in [-0.2, -0.15) is 11.3 Å². The van der Waals surface area contributed by atoms with E-state index in [4.69, 9.17) is 5.73 Å². The number of thiophene rings is 1. The molecule has 2 fully saturated rings. The Morgan fingerprint density at radius 1 is 1.37 bits per heavy atom. The van der Waals surface area contributed by atoms with Gasteiger partial charge >= 0.3 is 0 Å². The van der Waals surface area contributed by atoms with Gasteiger partial charge in [0.25, 0.3) is 5.91 Å². The lowest BCUT2D eigenvalue weighted by Gasteiger charge is -2.55. The van der Waals surface area contributed by atoms with Crippen molar-refractivity contribution in [2.45, 2.75) is 43.3 Å². The molecule has 4 N–H and O–H groups in total. The van der Waals surface area contributed by atoms with E-state index in [0.717, 1.165) is 37.4 Å². The van der Waals surface area contributed by atoms with Gasteiger partial charge in [-0.25, -0.2) is 0 Å². The number of benzene rings is 1. The number of nitrogens with two attached hydrogens (primary N) is 1. The first-order valence-corrected chi connectivity index (χ1v) is 10.7. The van der Waals surface area contributed by atoms with Crippen LogP contribution in [0.2, 0.25) is 0 Å². The Bertz CT molecular complexity index is 864. The van der Waals surface area contributed by atoms with Gasteiger partial charge in [-0.05, 0) is 66.3 Å². The van der Waals surface area contributed by atoms with Crippen molar-refractivity contribution in [2.24, 2.45) is 11.7 Å². The minimum atomic E-state index is -0.650. The van der Waals surface area contributed by atoms with Crippen LogP contribution in [0.1, 0.15) is 40.7 Å². The minimum absolute atomic E-state index is 0.0575. The van der Waals surface area contributed by atoms with Crippen molar-refractivity contribution in [3.63, 3.8) is 0 Å². The normalized spacial score (nSPS) is 30.0. The summed E-state index contributed by atoms with van der Waals surface area (Å²) in [5.41, 5.74) is 9.21. The molecule has 1 aromatic carbocycles. The number of amides is 1. The molecule has 2 aromatic rings. The molecule has 142 valence electrons. The highest BCUT2D eigenvalue weighted by Gasteiger charge is 2.52. The fourth-order valence-corrected chi connectivity index (χ4v) is 5.49. The van der Waals surface area contributed by atoms with Gasteiger partial charge in [0.05, 0.1) is 11.6 Å². The van der Waals surface area contributed by atoms with Crippen molar-refractivity contribution in [1.82, 2.24) is 10.2 Å². The molecule has 1 saturated heterocycles. The van der Waals surface area contributed by atoms with Crippen LogP contribution in [0.3, 0.4) is 0 Å². The first kappa shape index (κ1) is 17.2. The number of nitrogens with one attached hydrogen (secondary N) is 1. The molecule has 2 heterocycles. The number of fused-ring (bicyclic) bond motifs is 4. The van der Waals surface area contributed by atoms with E-state index >= 15 is 0 Å². The Kier molecular flexibility index (Phi) is 4.04. The number of phenols is 1. The van der Waals surface area contributed by atoms with Gasteiger partial charge in [-0.3, -0.25) is 9.69 Å². The number of hydrogen-bond acceptors (Lipinski definition) is 5. The first-order valence-electron chi connectivity index (χ1n) is 9.73. The van der Waals surface area contributed by atoms with Crippen molar-refractivity contribution in [1.29, 1.82) is 0 Å². The monoisotopic (exact) mass is 383 g/mol. The maximum Gasteiger partial charge on any atom is 0.252 e. The highest BCUT2D eigenvalue weighted by atomic mass is 32.1. The van der Waals surface area contributed by atoms with Crippen LogP contribution in [0.25, 0.3) is 0 Å². The van der Waals surface area contributed by atoms with Crippen molar-refractivity contribution in [3.05, 3.63) is 51.7 Å². The summed E-state index contributed by atoms with van der Waals surface area (Å²) in [5.74, 6) is 0.975. The Balaban J connectivity index is 1.52. The van der Waals surface area contributed by atoms with E-state index in [1.807, 2.05) is 22.9 Å².